The van der Waals surface area contributed by atoms with Crippen molar-refractivity contribution in [3.05, 3.63) is 99.6 Å². The highest BCUT2D eigenvalue weighted by molar-refractivity contribution is 5.89. The van der Waals surface area contributed by atoms with Crippen LogP contribution in [0.3, 0.4) is 0 Å². The number of hydrogen-bond donors (Lipinski definition) is 2. The van der Waals surface area contributed by atoms with Gasteiger partial charge in [-0.25, -0.2) is 0 Å². The third-order valence-electron chi connectivity index (χ3n) is 4.13. The molecule has 2 heteroatoms. The van der Waals surface area contributed by atoms with Gasteiger partial charge in [0.05, 0.1) is 11.0 Å². The van der Waals surface area contributed by atoms with Crippen molar-refractivity contribution >= 4 is 30.1 Å². The van der Waals surface area contributed by atoms with Crippen molar-refractivity contribution in [2.75, 3.05) is 5.32 Å². The van der Waals surface area contributed by atoms with Crippen molar-refractivity contribution in [3.8, 4) is 0 Å². The number of H-pyrrole nitrogens is 1. The van der Waals surface area contributed by atoms with Crippen LogP contribution < -0.4 is 16.0 Å². The van der Waals surface area contributed by atoms with Crippen LogP contribution in [0.4, 0.5) is 11.4 Å². The number of hydrogen-bond acceptors (Lipinski definition) is 1. The maximum Gasteiger partial charge on any atom is 0.0718 e. The minimum absolute atomic E-state index is 0.809. The SMILES string of the molecule is C=c1[nH]c(=C)c(/C(=C/C)C2=C=C(C)C=C=C/C=C\2)c1Nc1ccccc1. The largest absolute Gasteiger partial charge is 0.354 e. The van der Waals surface area contributed by atoms with Crippen LogP contribution in [-0.4, -0.2) is 4.98 Å². The Kier molecular flexibility index (Phi) is 5.10. The Labute approximate surface area is 154 Å². The van der Waals surface area contributed by atoms with Crippen LogP contribution in [0.2, 0.25) is 0 Å². The van der Waals surface area contributed by atoms with Crippen molar-refractivity contribution < 1.29 is 0 Å². The van der Waals surface area contributed by atoms with Gasteiger partial charge in [0.2, 0.25) is 0 Å². The molecule has 1 aliphatic carbocycles. The zero-order valence-electron chi connectivity index (χ0n) is 15.2. The Bertz CT molecular complexity index is 1110. The summed E-state index contributed by atoms with van der Waals surface area (Å²) >= 11 is 0. The monoisotopic (exact) mass is 338 g/mol. The first-order chi connectivity index (χ1) is 12.6. The topological polar surface area (TPSA) is 27.8 Å². The molecule has 0 saturated carbocycles. The summed E-state index contributed by atoms with van der Waals surface area (Å²) in [4.78, 5) is 3.26. The molecule has 1 aliphatic rings. The molecule has 0 amide bonds. The van der Waals surface area contributed by atoms with Crippen molar-refractivity contribution in [3.63, 3.8) is 0 Å². The highest BCUT2D eigenvalue weighted by atomic mass is 14.9. The van der Waals surface area contributed by atoms with Gasteiger partial charge in [-0.05, 0) is 55.4 Å². The van der Waals surface area contributed by atoms with Crippen LogP contribution in [0.25, 0.3) is 18.7 Å². The van der Waals surface area contributed by atoms with Gasteiger partial charge in [-0.1, -0.05) is 43.5 Å². The predicted molar refractivity (Wildman–Crippen MR) is 112 cm³/mol. The van der Waals surface area contributed by atoms with Crippen LogP contribution >= 0.6 is 0 Å². The van der Waals surface area contributed by atoms with Gasteiger partial charge < -0.3 is 10.3 Å². The molecule has 0 aliphatic heterocycles. The zero-order chi connectivity index (χ0) is 18.5. The Balaban J connectivity index is 2.17. The highest BCUT2D eigenvalue weighted by Gasteiger charge is 2.15. The lowest BCUT2D eigenvalue weighted by atomic mass is 9.96. The molecule has 0 atom stereocenters. The fourth-order valence-electron chi connectivity index (χ4n) is 2.96. The summed E-state index contributed by atoms with van der Waals surface area (Å²) in [6.07, 6.45) is 9.92. The van der Waals surface area contributed by atoms with Crippen LogP contribution in [-0.2, 0) is 0 Å². The molecule has 0 spiro atoms. The smallest absolute Gasteiger partial charge is 0.0718 e. The molecule has 0 fully saturated rings. The van der Waals surface area contributed by atoms with E-state index in [0.29, 0.717) is 0 Å². The second-order valence-corrected chi connectivity index (χ2v) is 6.08. The van der Waals surface area contributed by atoms with E-state index in [1.807, 2.05) is 68.5 Å². The van der Waals surface area contributed by atoms with E-state index in [1.165, 1.54) is 0 Å². The summed E-state index contributed by atoms with van der Waals surface area (Å²) in [6, 6.07) is 10.1. The first kappa shape index (κ1) is 17.4. The van der Waals surface area contributed by atoms with E-state index in [9.17, 15) is 0 Å². The van der Waals surface area contributed by atoms with Gasteiger partial charge in [-0.3, -0.25) is 0 Å². The Morgan fingerprint density at radius 3 is 2.65 bits per heavy atom. The van der Waals surface area contributed by atoms with Crippen LogP contribution in [0.15, 0.2) is 83.3 Å². The second-order valence-electron chi connectivity index (χ2n) is 6.08. The molecule has 2 nitrogen and oxygen atoms in total. The van der Waals surface area contributed by atoms with Gasteiger partial charge in [0.1, 0.15) is 0 Å². The Hall–Kier alpha value is -3.44. The maximum absolute atomic E-state index is 4.19. The maximum atomic E-state index is 4.19. The van der Waals surface area contributed by atoms with E-state index in [1.54, 1.807) is 0 Å². The standard InChI is InChI=1S/C24H22N2/c1-5-22(20-13-9-6-8-12-17(2)16-20)23-18(3)25-19(4)24(23)26-21-14-10-7-11-15-21/h5-7,9-15,25-26H,3-4H2,1-2H3/b13-9-,22-5+. The minimum Gasteiger partial charge on any atom is -0.354 e. The number of aromatic nitrogens is 1. The van der Waals surface area contributed by atoms with Crippen LogP contribution in [0.5, 0.6) is 0 Å². The van der Waals surface area contributed by atoms with E-state index < -0.39 is 0 Å². The summed E-state index contributed by atoms with van der Waals surface area (Å²) in [7, 11) is 0. The molecule has 0 unspecified atom stereocenters. The van der Waals surface area contributed by atoms with E-state index in [-0.39, 0.29) is 0 Å². The number of aromatic amines is 1. The average Bonchev–Trinajstić information content (AvgIpc) is 2.88. The number of nitrogens with one attached hydrogen (secondary N) is 2. The van der Waals surface area contributed by atoms with E-state index >= 15 is 0 Å². The number of benzene rings is 1. The number of para-hydroxylation sites is 1. The molecule has 1 aromatic carbocycles. The van der Waals surface area contributed by atoms with Gasteiger partial charge in [0.15, 0.2) is 0 Å². The van der Waals surface area contributed by atoms with Crippen molar-refractivity contribution in [2.24, 2.45) is 0 Å². The molecule has 3 rings (SSSR count). The molecular weight excluding hydrogens is 316 g/mol. The summed E-state index contributed by atoms with van der Waals surface area (Å²) in [5.41, 5.74) is 12.6. The molecule has 2 N–H and O–H groups in total. The molecule has 26 heavy (non-hydrogen) atoms. The Morgan fingerprint density at radius 1 is 1.15 bits per heavy atom. The quantitative estimate of drug-likeness (QED) is 0.775. The highest BCUT2D eigenvalue weighted by Crippen LogP contribution is 2.27. The van der Waals surface area contributed by atoms with Gasteiger partial charge in [0, 0.05) is 22.2 Å². The van der Waals surface area contributed by atoms with Crippen molar-refractivity contribution in [1.29, 1.82) is 0 Å². The van der Waals surface area contributed by atoms with Crippen molar-refractivity contribution in [2.45, 2.75) is 13.8 Å². The van der Waals surface area contributed by atoms with Gasteiger partial charge >= 0.3 is 0 Å². The van der Waals surface area contributed by atoms with E-state index in [4.69, 9.17) is 0 Å². The lowest BCUT2D eigenvalue weighted by Crippen LogP contribution is -2.08. The molecular formula is C24H22N2. The third-order valence-corrected chi connectivity index (χ3v) is 4.13. The normalized spacial score (nSPS) is 15.1. The molecule has 1 heterocycles. The Morgan fingerprint density at radius 2 is 1.92 bits per heavy atom. The summed E-state index contributed by atoms with van der Waals surface area (Å²) in [5, 5.41) is 5.12. The number of anilines is 2. The number of rotatable bonds is 4. The lowest BCUT2D eigenvalue weighted by Gasteiger charge is -2.12. The molecule has 0 bridgehead atoms. The van der Waals surface area contributed by atoms with Gasteiger partial charge in [-0.2, -0.15) is 0 Å². The zero-order valence-corrected chi connectivity index (χ0v) is 15.2. The van der Waals surface area contributed by atoms with E-state index in [0.717, 1.165) is 44.4 Å². The van der Waals surface area contributed by atoms with Crippen LogP contribution in [0.1, 0.15) is 19.4 Å². The number of allylic oxidation sites excluding steroid dienone is 6. The molecule has 0 saturated heterocycles. The summed E-state index contributed by atoms with van der Waals surface area (Å²) < 4.78 is 0. The van der Waals surface area contributed by atoms with Gasteiger partial charge in [-0.15, -0.1) is 11.5 Å². The second kappa shape index (κ2) is 7.63. The lowest BCUT2D eigenvalue weighted by molar-refractivity contribution is 1.28. The van der Waals surface area contributed by atoms with Gasteiger partial charge in [0.25, 0.3) is 0 Å². The first-order valence-corrected chi connectivity index (χ1v) is 8.56. The molecule has 2 aromatic rings. The predicted octanol–water partition coefficient (Wildman–Crippen LogP) is 4.73. The van der Waals surface area contributed by atoms with E-state index in [2.05, 4.69) is 41.0 Å². The molecule has 128 valence electrons. The average molecular weight is 338 g/mol. The third kappa shape index (κ3) is 3.63. The summed E-state index contributed by atoms with van der Waals surface area (Å²) in [5.74, 6) is 0. The first-order valence-electron chi connectivity index (χ1n) is 8.56. The van der Waals surface area contributed by atoms with Crippen LogP contribution in [0, 0.1) is 0 Å². The molecule has 1 aromatic heterocycles. The summed E-state index contributed by atoms with van der Waals surface area (Å²) in [6.45, 7) is 12.4. The molecule has 0 radical (unpaired) electrons. The fraction of sp³-hybridized carbons (Fsp3) is 0.0833. The van der Waals surface area contributed by atoms with Crippen molar-refractivity contribution in [1.82, 2.24) is 4.98 Å². The fourth-order valence-corrected chi connectivity index (χ4v) is 2.96. The minimum atomic E-state index is 0.809.